The lowest BCUT2D eigenvalue weighted by molar-refractivity contribution is -0.132. The zero-order valence-electron chi connectivity index (χ0n) is 9.32. The molecule has 0 aromatic heterocycles. The minimum atomic E-state index is -0.394. The van der Waals surface area contributed by atoms with Crippen molar-refractivity contribution in [1.82, 2.24) is 0 Å². The molecule has 1 aliphatic carbocycles. The molecule has 0 bridgehead atoms. The molecule has 1 fully saturated rings. The maximum atomic E-state index is 5.37. The maximum absolute atomic E-state index is 5.37. The highest BCUT2D eigenvalue weighted by Crippen LogP contribution is 2.54. The van der Waals surface area contributed by atoms with Gasteiger partial charge in [-0.3, -0.25) is 0 Å². The summed E-state index contributed by atoms with van der Waals surface area (Å²) >= 11 is 0. The average Bonchev–Trinajstić information content (AvgIpc) is 3.05. The van der Waals surface area contributed by atoms with Crippen LogP contribution in [0, 0.1) is 0 Å². The van der Waals surface area contributed by atoms with Gasteiger partial charge in [-0.05, 0) is 17.7 Å². The first kappa shape index (κ1) is 10.5. The smallest absolute Gasteiger partial charge is 0.175 e. The van der Waals surface area contributed by atoms with Crippen LogP contribution in [-0.2, 0) is 9.47 Å². The Kier molecular flexibility index (Phi) is 2.67. The molecule has 1 aliphatic rings. The number of hydrogen-bond donors (Lipinski definition) is 0. The fraction of sp³-hybridized carbons (Fsp3) is 0.500. The summed E-state index contributed by atoms with van der Waals surface area (Å²) in [5, 5.41) is 0. The third kappa shape index (κ3) is 1.73. The van der Waals surface area contributed by atoms with Crippen LogP contribution >= 0.6 is 0 Å². The van der Waals surface area contributed by atoms with Gasteiger partial charge in [-0.15, -0.1) is 0 Å². The highest BCUT2D eigenvalue weighted by molar-refractivity contribution is 5.34. The average molecular weight is 208 g/mol. The molecule has 0 heterocycles. The minimum absolute atomic E-state index is 0.346. The second kappa shape index (κ2) is 3.83. The van der Waals surface area contributed by atoms with E-state index >= 15 is 0 Å². The van der Waals surface area contributed by atoms with Crippen LogP contribution in [-0.4, -0.2) is 27.1 Å². The number of methoxy groups -OCH3 is 3. The predicted molar refractivity (Wildman–Crippen MR) is 57.1 cm³/mol. The molecular weight excluding hydrogens is 192 g/mol. The molecule has 1 atom stereocenters. The van der Waals surface area contributed by atoms with E-state index in [-0.39, 0.29) is 0 Å². The van der Waals surface area contributed by atoms with Crippen molar-refractivity contribution in [2.45, 2.75) is 18.1 Å². The van der Waals surface area contributed by atoms with Gasteiger partial charge in [0.1, 0.15) is 5.75 Å². The quantitative estimate of drug-likeness (QED) is 0.710. The number of ether oxygens (including phenoxy) is 3. The summed E-state index contributed by atoms with van der Waals surface area (Å²) < 4.78 is 15.8. The van der Waals surface area contributed by atoms with Crippen LogP contribution in [0.25, 0.3) is 0 Å². The summed E-state index contributed by atoms with van der Waals surface area (Å²) in [5.41, 5.74) is 1.24. The van der Waals surface area contributed by atoms with Gasteiger partial charge in [-0.1, -0.05) is 12.1 Å². The Hall–Kier alpha value is -1.06. The molecule has 3 heteroatoms. The number of rotatable bonds is 4. The van der Waals surface area contributed by atoms with Gasteiger partial charge in [0.25, 0.3) is 0 Å². The monoisotopic (exact) mass is 208 g/mol. The van der Waals surface area contributed by atoms with Crippen LogP contribution in [0.2, 0.25) is 0 Å². The van der Waals surface area contributed by atoms with Gasteiger partial charge in [0.15, 0.2) is 5.79 Å². The van der Waals surface area contributed by atoms with E-state index in [9.17, 15) is 0 Å². The summed E-state index contributed by atoms with van der Waals surface area (Å²) in [6, 6.07) is 8.04. The molecule has 0 radical (unpaired) electrons. The molecule has 0 aliphatic heterocycles. The van der Waals surface area contributed by atoms with E-state index in [0.29, 0.717) is 5.92 Å². The summed E-state index contributed by atoms with van der Waals surface area (Å²) in [4.78, 5) is 0. The van der Waals surface area contributed by atoms with Crippen molar-refractivity contribution < 1.29 is 14.2 Å². The molecule has 1 saturated carbocycles. The second-order valence-electron chi connectivity index (χ2n) is 3.75. The third-order valence-electron chi connectivity index (χ3n) is 3.07. The molecule has 15 heavy (non-hydrogen) atoms. The molecule has 0 unspecified atom stereocenters. The molecule has 0 N–H and O–H groups in total. The van der Waals surface area contributed by atoms with E-state index in [0.717, 1.165) is 12.2 Å². The van der Waals surface area contributed by atoms with Crippen LogP contribution in [0.3, 0.4) is 0 Å². The van der Waals surface area contributed by atoms with Crippen LogP contribution < -0.4 is 4.74 Å². The molecule has 0 saturated heterocycles. The highest BCUT2D eigenvalue weighted by atomic mass is 16.7. The Morgan fingerprint density at radius 1 is 1.07 bits per heavy atom. The van der Waals surface area contributed by atoms with Crippen LogP contribution in [0.15, 0.2) is 24.3 Å². The van der Waals surface area contributed by atoms with E-state index < -0.39 is 5.79 Å². The Labute approximate surface area is 90.0 Å². The minimum Gasteiger partial charge on any atom is -0.497 e. The third-order valence-corrected chi connectivity index (χ3v) is 3.07. The summed E-state index contributed by atoms with van der Waals surface area (Å²) in [6.07, 6.45) is 0.923. The zero-order valence-corrected chi connectivity index (χ0v) is 9.32. The SMILES string of the molecule is COc1ccc([C@@H]2CC2(OC)OC)cc1. The van der Waals surface area contributed by atoms with Crippen molar-refractivity contribution in [2.75, 3.05) is 21.3 Å². The van der Waals surface area contributed by atoms with E-state index in [1.165, 1.54) is 5.56 Å². The van der Waals surface area contributed by atoms with Gasteiger partial charge in [0.2, 0.25) is 0 Å². The summed E-state index contributed by atoms with van der Waals surface area (Å²) in [7, 11) is 5.04. The molecule has 82 valence electrons. The van der Waals surface area contributed by atoms with Crippen LogP contribution in [0.5, 0.6) is 5.75 Å². The van der Waals surface area contributed by atoms with Gasteiger partial charge >= 0.3 is 0 Å². The normalized spacial score (nSPS) is 22.5. The van der Waals surface area contributed by atoms with Crippen molar-refractivity contribution in [2.24, 2.45) is 0 Å². The van der Waals surface area contributed by atoms with E-state index in [1.54, 1.807) is 21.3 Å². The van der Waals surface area contributed by atoms with Gasteiger partial charge in [0.05, 0.1) is 7.11 Å². The first-order chi connectivity index (χ1) is 7.25. The molecule has 0 amide bonds. The van der Waals surface area contributed by atoms with Crippen molar-refractivity contribution in [3.63, 3.8) is 0 Å². The van der Waals surface area contributed by atoms with Crippen molar-refractivity contribution >= 4 is 0 Å². The number of hydrogen-bond acceptors (Lipinski definition) is 3. The standard InChI is InChI=1S/C12H16O3/c1-13-10-6-4-9(5-7-10)11-8-12(11,14-2)15-3/h4-7,11H,8H2,1-3H3/t11-/m0/s1. The Morgan fingerprint density at radius 2 is 1.67 bits per heavy atom. The molecule has 2 rings (SSSR count). The van der Waals surface area contributed by atoms with Crippen molar-refractivity contribution in [3.8, 4) is 5.75 Å². The Bertz CT molecular complexity index is 327. The maximum Gasteiger partial charge on any atom is 0.175 e. The summed E-state index contributed by atoms with van der Waals surface area (Å²) in [5.74, 6) is 0.826. The van der Waals surface area contributed by atoms with E-state index in [1.807, 2.05) is 12.1 Å². The van der Waals surface area contributed by atoms with E-state index in [4.69, 9.17) is 14.2 Å². The number of benzene rings is 1. The van der Waals surface area contributed by atoms with Gasteiger partial charge in [-0.25, -0.2) is 0 Å². The predicted octanol–water partition coefficient (Wildman–Crippen LogP) is 2.17. The van der Waals surface area contributed by atoms with Crippen LogP contribution in [0.4, 0.5) is 0 Å². The van der Waals surface area contributed by atoms with Crippen LogP contribution in [0.1, 0.15) is 17.9 Å². The lowest BCUT2D eigenvalue weighted by Gasteiger charge is -2.13. The first-order valence-corrected chi connectivity index (χ1v) is 5.00. The fourth-order valence-electron chi connectivity index (χ4n) is 1.97. The summed E-state index contributed by atoms with van der Waals surface area (Å²) in [6.45, 7) is 0. The zero-order chi connectivity index (χ0) is 10.9. The molecule has 0 spiro atoms. The second-order valence-corrected chi connectivity index (χ2v) is 3.75. The highest BCUT2D eigenvalue weighted by Gasteiger charge is 2.56. The molecule has 3 nitrogen and oxygen atoms in total. The molecule has 1 aromatic rings. The van der Waals surface area contributed by atoms with E-state index in [2.05, 4.69) is 12.1 Å². The Balaban J connectivity index is 2.12. The largest absolute Gasteiger partial charge is 0.497 e. The topological polar surface area (TPSA) is 27.7 Å². The van der Waals surface area contributed by atoms with Crippen molar-refractivity contribution in [1.29, 1.82) is 0 Å². The Morgan fingerprint density at radius 3 is 2.07 bits per heavy atom. The van der Waals surface area contributed by atoms with Gasteiger partial charge < -0.3 is 14.2 Å². The van der Waals surface area contributed by atoms with Crippen molar-refractivity contribution in [3.05, 3.63) is 29.8 Å². The van der Waals surface area contributed by atoms with Gasteiger partial charge in [-0.2, -0.15) is 0 Å². The lowest BCUT2D eigenvalue weighted by Crippen LogP contribution is -2.16. The molecule has 1 aromatic carbocycles. The fourth-order valence-corrected chi connectivity index (χ4v) is 1.97. The lowest BCUT2D eigenvalue weighted by atomic mass is 10.1. The first-order valence-electron chi connectivity index (χ1n) is 5.00. The molecular formula is C12H16O3. The van der Waals surface area contributed by atoms with Gasteiger partial charge in [0, 0.05) is 26.6 Å².